The molecule has 78 valence electrons. The highest BCUT2D eigenvalue weighted by Crippen LogP contribution is 2.27. The predicted molar refractivity (Wildman–Crippen MR) is 62.9 cm³/mol. The summed E-state index contributed by atoms with van der Waals surface area (Å²) in [6.07, 6.45) is 1.78. The normalized spacial score (nSPS) is 10.3. The highest BCUT2D eigenvalue weighted by atomic mass is 79.9. The van der Waals surface area contributed by atoms with Crippen molar-refractivity contribution in [1.29, 1.82) is 0 Å². The number of aryl methyl sites for hydroxylation is 1. The zero-order valence-corrected chi connectivity index (χ0v) is 10.2. The summed E-state index contributed by atoms with van der Waals surface area (Å²) in [7, 11) is 3.61. The smallest absolute Gasteiger partial charge is 0.118 e. The maximum Gasteiger partial charge on any atom is 0.118 e. The molecule has 4 heteroatoms. The molecule has 0 aliphatic carbocycles. The fraction of sp³-hybridized carbons (Fsp3) is 0.182. The van der Waals surface area contributed by atoms with Gasteiger partial charge in [0.25, 0.3) is 0 Å². The molecule has 1 aromatic heterocycles. The number of ether oxygens (including phenoxy) is 1. The number of hydrogen-bond acceptors (Lipinski definition) is 2. The van der Waals surface area contributed by atoms with Crippen LogP contribution in [0.1, 0.15) is 0 Å². The molecular formula is C11H11BrN2O. The summed E-state index contributed by atoms with van der Waals surface area (Å²) < 4.78 is 8.01. The fourth-order valence-electron chi connectivity index (χ4n) is 1.36. The molecule has 1 heterocycles. The minimum Gasteiger partial charge on any atom is -0.497 e. The van der Waals surface area contributed by atoms with Gasteiger partial charge in [0.05, 0.1) is 13.4 Å². The molecule has 0 fully saturated rings. The van der Waals surface area contributed by atoms with E-state index >= 15 is 0 Å². The molecule has 0 aliphatic rings. The first-order valence-electron chi connectivity index (χ1n) is 4.53. The first kappa shape index (κ1) is 10.2. The largest absolute Gasteiger partial charge is 0.497 e. The van der Waals surface area contributed by atoms with Gasteiger partial charge in [-0.3, -0.25) is 0 Å². The molecular weight excluding hydrogens is 256 g/mol. The minimum atomic E-state index is 0.853. The van der Waals surface area contributed by atoms with Crippen molar-refractivity contribution in [3.63, 3.8) is 0 Å². The molecule has 0 N–H and O–H groups in total. The highest BCUT2D eigenvalue weighted by Gasteiger charge is 2.07. The molecule has 0 spiro atoms. The first-order valence-corrected chi connectivity index (χ1v) is 5.33. The Bertz CT molecular complexity index is 462. The van der Waals surface area contributed by atoms with Crippen molar-refractivity contribution in [2.24, 2.45) is 7.05 Å². The Morgan fingerprint density at radius 3 is 2.40 bits per heavy atom. The number of aromatic nitrogens is 2. The summed E-state index contributed by atoms with van der Waals surface area (Å²) in [5.41, 5.74) is 2.02. The van der Waals surface area contributed by atoms with Crippen LogP contribution in [0.4, 0.5) is 0 Å². The van der Waals surface area contributed by atoms with Crippen LogP contribution in [0, 0.1) is 0 Å². The van der Waals surface area contributed by atoms with Gasteiger partial charge in [0.1, 0.15) is 16.0 Å². The Balaban J connectivity index is 2.41. The maximum atomic E-state index is 5.10. The molecule has 0 atom stereocenters. The Hall–Kier alpha value is -1.29. The van der Waals surface area contributed by atoms with Gasteiger partial charge in [-0.1, -0.05) is 0 Å². The van der Waals surface area contributed by atoms with Gasteiger partial charge in [-0.05, 0) is 40.2 Å². The van der Waals surface area contributed by atoms with Crippen LogP contribution in [0.15, 0.2) is 35.2 Å². The van der Waals surface area contributed by atoms with Crippen molar-refractivity contribution in [2.45, 2.75) is 0 Å². The minimum absolute atomic E-state index is 0.853. The SMILES string of the molecule is COc1ccc(-c2ncn(C)c2Br)cc1. The molecule has 0 aliphatic heterocycles. The van der Waals surface area contributed by atoms with E-state index in [1.54, 1.807) is 13.4 Å². The third-order valence-corrected chi connectivity index (χ3v) is 3.16. The van der Waals surface area contributed by atoms with Crippen LogP contribution in [-0.2, 0) is 7.05 Å². The van der Waals surface area contributed by atoms with Crippen molar-refractivity contribution in [2.75, 3.05) is 7.11 Å². The molecule has 0 bridgehead atoms. The first-order chi connectivity index (χ1) is 7.22. The van der Waals surface area contributed by atoms with Gasteiger partial charge in [0.2, 0.25) is 0 Å². The molecule has 0 unspecified atom stereocenters. The highest BCUT2D eigenvalue weighted by molar-refractivity contribution is 9.10. The Kier molecular flexibility index (Phi) is 2.77. The van der Waals surface area contributed by atoms with Crippen LogP contribution in [0.5, 0.6) is 5.75 Å². The molecule has 1 aromatic carbocycles. The van der Waals surface area contributed by atoms with Crippen molar-refractivity contribution in [3.8, 4) is 17.0 Å². The monoisotopic (exact) mass is 266 g/mol. The van der Waals surface area contributed by atoms with Gasteiger partial charge in [0, 0.05) is 12.6 Å². The van der Waals surface area contributed by atoms with E-state index in [1.807, 2.05) is 35.9 Å². The van der Waals surface area contributed by atoms with Gasteiger partial charge in [-0.2, -0.15) is 0 Å². The molecule has 0 radical (unpaired) electrons. The van der Waals surface area contributed by atoms with Crippen molar-refractivity contribution in [3.05, 3.63) is 35.2 Å². The van der Waals surface area contributed by atoms with Crippen LogP contribution >= 0.6 is 15.9 Å². The second-order valence-corrected chi connectivity index (χ2v) is 3.97. The number of imidazole rings is 1. The zero-order chi connectivity index (χ0) is 10.8. The average Bonchev–Trinajstić information content (AvgIpc) is 2.60. The van der Waals surface area contributed by atoms with E-state index in [9.17, 15) is 0 Å². The summed E-state index contributed by atoms with van der Waals surface area (Å²) in [6.45, 7) is 0. The van der Waals surface area contributed by atoms with E-state index in [0.29, 0.717) is 0 Å². The Labute approximate surface area is 96.8 Å². The summed E-state index contributed by atoms with van der Waals surface area (Å²) in [5.74, 6) is 0.853. The van der Waals surface area contributed by atoms with E-state index in [-0.39, 0.29) is 0 Å². The van der Waals surface area contributed by atoms with E-state index < -0.39 is 0 Å². The second-order valence-electron chi connectivity index (χ2n) is 3.22. The summed E-state index contributed by atoms with van der Waals surface area (Å²) >= 11 is 3.49. The van der Waals surface area contributed by atoms with Crippen LogP contribution < -0.4 is 4.74 Å². The Morgan fingerprint density at radius 2 is 1.93 bits per heavy atom. The Morgan fingerprint density at radius 1 is 1.27 bits per heavy atom. The van der Waals surface area contributed by atoms with E-state index in [4.69, 9.17) is 4.74 Å². The topological polar surface area (TPSA) is 27.1 Å². The van der Waals surface area contributed by atoms with Crippen LogP contribution in [0.2, 0.25) is 0 Å². The average molecular weight is 267 g/mol. The number of methoxy groups -OCH3 is 1. The lowest BCUT2D eigenvalue weighted by molar-refractivity contribution is 0.415. The number of halogens is 1. The zero-order valence-electron chi connectivity index (χ0n) is 8.57. The third-order valence-electron chi connectivity index (χ3n) is 2.23. The maximum absolute atomic E-state index is 5.10. The molecule has 0 amide bonds. The number of nitrogens with zero attached hydrogens (tertiary/aromatic N) is 2. The molecule has 3 nitrogen and oxygen atoms in total. The van der Waals surface area contributed by atoms with Crippen LogP contribution in [0.3, 0.4) is 0 Å². The van der Waals surface area contributed by atoms with Gasteiger partial charge in [-0.15, -0.1) is 0 Å². The van der Waals surface area contributed by atoms with Gasteiger partial charge in [-0.25, -0.2) is 4.98 Å². The molecule has 0 saturated carbocycles. The predicted octanol–water partition coefficient (Wildman–Crippen LogP) is 2.86. The van der Waals surface area contributed by atoms with E-state index in [1.165, 1.54) is 0 Å². The summed E-state index contributed by atoms with van der Waals surface area (Å²) in [5, 5.41) is 0. The van der Waals surface area contributed by atoms with Gasteiger partial charge in [0.15, 0.2) is 0 Å². The lowest BCUT2D eigenvalue weighted by Gasteiger charge is -2.01. The molecule has 2 aromatic rings. The summed E-state index contributed by atoms with van der Waals surface area (Å²) in [4.78, 5) is 4.32. The standard InChI is InChI=1S/C11H11BrN2O/c1-14-7-13-10(11(14)12)8-3-5-9(15-2)6-4-8/h3-7H,1-2H3. The van der Waals surface area contributed by atoms with E-state index in [2.05, 4.69) is 20.9 Å². The quantitative estimate of drug-likeness (QED) is 0.836. The van der Waals surface area contributed by atoms with E-state index in [0.717, 1.165) is 21.6 Å². The summed E-state index contributed by atoms with van der Waals surface area (Å²) in [6, 6.07) is 7.84. The molecule has 0 saturated heterocycles. The lowest BCUT2D eigenvalue weighted by Crippen LogP contribution is -1.85. The van der Waals surface area contributed by atoms with Gasteiger partial charge >= 0.3 is 0 Å². The fourth-order valence-corrected chi connectivity index (χ4v) is 1.78. The number of rotatable bonds is 2. The number of benzene rings is 1. The third kappa shape index (κ3) is 1.90. The van der Waals surface area contributed by atoms with Crippen molar-refractivity contribution in [1.82, 2.24) is 9.55 Å². The van der Waals surface area contributed by atoms with Crippen LogP contribution in [-0.4, -0.2) is 16.7 Å². The molecule has 15 heavy (non-hydrogen) atoms. The van der Waals surface area contributed by atoms with Crippen LogP contribution in [0.25, 0.3) is 11.3 Å². The van der Waals surface area contributed by atoms with Crippen molar-refractivity contribution >= 4 is 15.9 Å². The van der Waals surface area contributed by atoms with Gasteiger partial charge < -0.3 is 9.30 Å². The second kappa shape index (κ2) is 4.06. The lowest BCUT2D eigenvalue weighted by atomic mass is 10.2. The molecule has 2 rings (SSSR count). The number of hydrogen-bond donors (Lipinski definition) is 0. The van der Waals surface area contributed by atoms with Crippen molar-refractivity contribution < 1.29 is 4.74 Å².